The average Bonchev–Trinajstić information content (AvgIpc) is 2.74. The van der Waals surface area contributed by atoms with E-state index in [1.807, 2.05) is 41.8 Å². The van der Waals surface area contributed by atoms with E-state index in [1.165, 1.54) is 6.42 Å². The average molecular weight is 235 g/mol. The minimum atomic E-state index is 0.0412. The summed E-state index contributed by atoms with van der Waals surface area (Å²) in [5.74, 6) is 0.111. The van der Waals surface area contributed by atoms with Gasteiger partial charge in [-0.3, -0.25) is 4.79 Å². The molecule has 1 saturated heterocycles. The number of amides is 1. The van der Waals surface area contributed by atoms with Crippen LogP contribution in [0.5, 0.6) is 0 Å². The number of hydrogen-bond donors (Lipinski definition) is 1. The van der Waals surface area contributed by atoms with Gasteiger partial charge in [-0.2, -0.15) is 0 Å². The standard InChI is InChI=1S/C13H21N3O/c1-10(14)11-6-3-4-9-16(11)13(17)12-7-5-8-15(12)2/h5,7-8,10-11H,3-4,6,9,14H2,1-2H3/t10-,11+/m0/s1. The molecule has 2 N–H and O–H groups in total. The van der Waals surface area contributed by atoms with Gasteiger partial charge in [-0.25, -0.2) is 0 Å². The quantitative estimate of drug-likeness (QED) is 0.841. The summed E-state index contributed by atoms with van der Waals surface area (Å²) >= 11 is 0. The molecule has 1 aromatic rings. The Morgan fingerprint density at radius 2 is 2.29 bits per heavy atom. The zero-order chi connectivity index (χ0) is 12.4. The maximum Gasteiger partial charge on any atom is 0.270 e. The van der Waals surface area contributed by atoms with Crippen molar-refractivity contribution >= 4 is 5.91 Å². The Morgan fingerprint density at radius 3 is 2.88 bits per heavy atom. The molecule has 2 rings (SSSR count). The lowest BCUT2D eigenvalue weighted by Crippen LogP contribution is -2.52. The topological polar surface area (TPSA) is 51.3 Å². The van der Waals surface area contributed by atoms with Crippen LogP contribution in [0.1, 0.15) is 36.7 Å². The van der Waals surface area contributed by atoms with Crippen LogP contribution in [0, 0.1) is 0 Å². The minimum Gasteiger partial charge on any atom is -0.347 e. The smallest absolute Gasteiger partial charge is 0.270 e. The zero-order valence-corrected chi connectivity index (χ0v) is 10.6. The van der Waals surface area contributed by atoms with Gasteiger partial charge in [-0.05, 0) is 38.3 Å². The number of carbonyl (C=O) groups excluding carboxylic acids is 1. The summed E-state index contributed by atoms with van der Waals surface area (Å²) in [6.45, 7) is 2.82. The largest absolute Gasteiger partial charge is 0.347 e. The van der Waals surface area contributed by atoms with Crippen molar-refractivity contribution in [3.63, 3.8) is 0 Å². The third-order valence-electron chi connectivity index (χ3n) is 3.58. The fraction of sp³-hybridized carbons (Fsp3) is 0.615. The highest BCUT2D eigenvalue weighted by atomic mass is 16.2. The van der Waals surface area contributed by atoms with Crippen LogP contribution < -0.4 is 5.73 Å². The predicted molar refractivity (Wildman–Crippen MR) is 67.7 cm³/mol. The van der Waals surface area contributed by atoms with Crippen LogP contribution >= 0.6 is 0 Å². The van der Waals surface area contributed by atoms with Gasteiger partial charge >= 0.3 is 0 Å². The van der Waals surface area contributed by atoms with Gasteiger partial charge in [-0.1, -0.05) is 0 Å². The van der Waals surface area contributed by atoms with E-state index in [2.05, 4.69) is 0 Å². The lowest BCUT2D eigenvalue weighted by atomic mass is 9.96. The molecule has 0 aliphatic carbocycles. The summed E-state index contributed by atoms with van der Waals surface area (Å²) in [5.41, 5.74) is 6.73. The van der Waals surface area contributed by atoms with Crippen molar-refractivity contribution in [3.05, 3.63) is 24.0 Å². The summed E-state index contributed by atoms with van der Waals surface area (Å²) in [6, 6.07) is 4.00. The molecule has 4 heteroatoms. The van der Waals surface area contributed by atoms with Gasteiger partial charge in [0.15, 0.2) is 0 Å². The molecule has 0 radical (unpaired) electrons. The van der Waals surface area contributed by atoms with Crippen LogP contribution in [0.2, 0.25) is 0 Å². The fourth-order valence-corrected chi connectivity index (χ4v) is 2.59. The van der Waals surface area contributed by atoms with Crippen molar-refractivity contribution in [2.24, 2.45) is 12.8 Å². The van der Waals surface area contributed by atoms with Gasteiger partial charge in [0, 0.05) is 31.9 Å². The van der Waals surface area contributed by atoms with E-state index in [1.54, 1.807) is 0 Å². The molecule has 17 heavy (non-hydrogen) atoms. The van der Waals surface area contributed by atoms with Crippen molar-refractivity contribution < 1.29 is 4.79 Å². The first-order chi connectivity index (χ1) is 8.11. The second-order valence-electron chi connectivity index (χ2n) is 4.93. The highest BCUT2D eigenvalue weighted by Crippen LogP contribution is 2.21. The normalized spacial score (nSPS) is 22.5. The van der Waals surface area contributed by atoms with Gasteiger partial charge < -0.3 is 15.2 Å². The second-order valence-corrected chi connectivity index (χ2v) is 4.93. The maximum atomic E-state index is 12.4. The van der Waals surface area contributed by atoms with Crippen LogP contribution in [0.15, 0.2) is 18.3 Å². The maximum absolute atomic E-state index is 12.4. The molecule has 1 aliphatic heterocycles. The number of piperidine rings is 1. The first-order valence-corrected chi connectivity index (χ1v) is 6.29. The monoisotopic (exact) mass is 235 g/mol. The highest BCUT2D eigenvalue weighted by Gasteiger charge is 2.30. The Labute approximate surface area is 102 Å². The number of likely N-dealkylation sites (tertiary alicyclic amines) is 1. The van der Waals surface area contributed by atoms with Crippen LogP contribution in [0.4, 0.5) is 0 Å². The van der Waals surface area contributed by atoms with Crippen LogP contribution in [0.3, 0.4) is 0 Å². The number of nitrogens with zero attached hydrogens (tertiary/aromatic N) is 2. The van der Waals surface area contributed by atoms with Crippen LogP contribution in [0.25, 0.3) is 0 Å². The number of rotatable bonds is 2. The molecule has 0 unspecified atom stereocenters. The molecule has 2 atom stereocenters. The van der Waals surface area contributed by atoms with E-state index in [-0.39, 0.29) is 18.0 Å². The molecule has 4 nitrogen and oxygen atoms in total. The van der Waals surface area contributed by atoms with E-state index in [4.69, 9.17) is 5.73 Å². The molecule has 0 aromatic carbocycles. The first-order valence-electron chi connectivity index (χ1n) is 6.29. The van der Waals surface area contributed by atoms with Crippen molar-refractivity contribution in [2.75, 3.05) is 6.54 Å². The Kier molecular flexibility index (Phi) is 3.52. The summed E-state index contributed by atoms with van der Waals surface area (Å²) in [5, 5.41) is 0. The first kappa shape index (κ1) is 12.2. The van der Waals surface area contributed by atoms with Gasteiger partial charge in [0.1, 0.15) is 5.69 Å². The van der Waals surface area contributed by atoms with Gasteiger partial charge in [0.25, 0.3) is 5.91 Å². The summed E-state index contributed by atoms with van der Waals surface area (Å²) in [7, 11) is 1.90. The third kappa shape index (κ3) is 2.36. The van der Waals surface area contributed by atoms with E-state index in [0.29, 0.717) is 0 Å². The predicted octanol–water partition coefficient (Wildman–Crippen LogP) is 1.37. The molecule has 94 valence electrons. The Morgan fingerprint density at radius 1 is 1.53 bits per heavy atom. The molecule has 1 aromatic heterocycles. The van der Waals surface area contributed by atoms with Gasteiger partial charge in [0.2, 0.25) is 0 Å². The van der Waals surface area contributed by atoms with Crippen LogP contribution in [-0.4, -0.2) is 34.0 Å². The molecule has 2 heterocycles. The molecule has 1 amide bonds. The number of aryl methyl sites for hydroxylation is 1. The van der Waals surface area contributed by atoms with E-state index in [9.17, 15) is 4.79 Å². The fourth-order valence-electron chi connectivity index (χ4n) is 2.59. The molecule has 1 fully saturated rings. The van der Waals surface area contributed by atoms with Crippen molar-refractivity contribution in [1.82, 2.24) is 9.47 Å². The van der Waals surface area contributed by atoms with Crippen molar-refractivity contribution in [3.8, 4) is 0 Å². The molecule has 1 aliphatic rings. The SMILES string of the molecule is C[C@H](N)[C@H]1CCCCN1C(=O)c1cccn1C. The molecule has 0 saturated carbocycles. The summed E-state index contributed by atoms with van der Waals surface area (Å²) in [4.78, 5) is 14.4. The third-order valence-corrected chi connectivity index (χ3v) is 3.58. The Bertz CT molecular complexity index is 397. The number of nitrogens with two attached hydrogens (primary N) is 1. The van der Waals surface area contributed by atoms with Crippen molar-refractivity contribution in [2.45, 2.75) is 38.3 Å². The molecular weight excluding hydrogens is 214 g/mol. The van der Waals surface area contributed by atoms with Gasteiger partial charge in [-0.15, -0.1) is 0 Å². The van der Waals surface area contributed by atoms with Crippen LogP contribution in [-0.2, 0) is 7.05 Å². The van der Waals surface area contributed by atoms with Gasteiger partial charge in [0.05, 0.1) is 0 Å². The van der Waals surface area contributed by atoms with E-state index < -0.39 is 0 Å². The van der Waals surface area contributed by atoms with E-state index in [0.717, 1.165) is 25.1 Å². The number of aromatic nitrogens is 1. The number of hydrogen-bond acceptors (Lipinski definition) is 2. The lowest BCUT2D eigenvalue weighted by Gasteiger charge is -2.38. The highest BCUT2D eigenvalue weighted by molar-refractivity contribution is 5.93. The molecular formula is C13H21N3O. The summed E-state index contributed by atoms with van der Waals surface area (Å²) < 4.78 is 1.87. The molecule has 0 spiro atoms. The minimum absolute atomic E-state index is 0.0412. The number of carbonyl (C=O) groups is 1. The molecule has 0 bridgehead atoms. The Hall–Kier alpha value is -1.29. The summed E-state index contributed by atoms with van der Waals surface area (Å²) in [6.07, 6.45) is 5.17. The second kappa shape index (κ2) is 4.92. The Balaban J connectivity index is 2.20. The zero-order valence-electron chi connectivity index (χ0n) is 10.6. The van der Waals surface area contributed by atoms with Crippen molar-refractivity contribution in [1.29, 1.82) is 0 Å². The van der Waals surface area contributed by atoms with E-state index >= 15 is 0 Å². The lowest BCUT2D eigenvalue weighted by molar-refractivity contribution is 0.0574.